The van der Waals surface area contributed by atoms with Gasteiger partial charge >= 0.3 is 0 Å². The maximum absolute atomic E-state index is 13.1. The molecule has 7 heteroatoms. The van der Waals surface area contributed by atoms with Gasteiger partial charge in [0.25, 0.3) is 0 Å². The normalized spacial score (nSPS) is 13.0. The minimum atomic E-state index is -1.29. The number of amides is 2. The van der Waals surface area contributed by atoms with Crippen LogP contribution in [0.15, 0.2) is 59.5 Å². The number of primary amides is 1. The van der Waals surface area contributed by atoms with Crippen LogP contribution in [0.2, 0.25) is 0 Å². The molecule has 3 N–H and O–H groups in total. The molecule has 0 spiro atoms. The second kappa shape index (κ2) is 9.08. The monoisotopic (exact) mass is 362 g/mol. The van der Waals surface area contributed by atoms with E-state index in [1.165, 1.54) is 18.2 Å². The predicted octanol–water partition coefficient (Wildman–Crippen LogP) is 1.54. The Balaban J connectivity index is 1.91. The average Bonchev–Trinajstić information content (AvgIpc) is 2.58. The van der Waals surface area contributed by atoms with Crippen molar-refractivity contribution in [1.82, 2.24) is 5.32 Å². The predicted molar refractivity (Wildman–Crippen MR) is 93.6 cm³/mol. The summed E-state index contributed by atoms with van der Waals surface area (Å²) in [7, 11) is -1.29. The third-order valence-corrected chi connectivity index (χ3v) is 4.93. The van der Waals surface area contributed by atoms with Gasteiger partial charge in [-0.25, -0.2) is 4.39 Å². The van der Waals surface area contributed by atoms with Gasteiger partial charge in [-0.15, -0.1) is 0 Å². The fourth-order valence-electron chi connectivity index (χ4n) is 2.28. The summed E-state index contributed by atoms with van der Waals surface area (Å²) in [5.74, 6) is -1.38. The van der Waals surface area contributed by atoms with Crippen LogP contribution in [0.5, 0.6) is 0 Å². The van der Waals surface area contributed by atoms with Crippen molar-refractivity contribution < 1.29 is 18.2 Å². The maximum Gasteiger partial charge on any atom is 0.240 e. The second-order valence-electron chi connectivity index (χ2n) is 5.48. The molecule has 0 radical (unpaired) electrons. The van der Waals surface area contributed by atoms with E-state index in [2.05, 4.69) is 5.32 Å². The summed E-state index contributed by atoms with van der Waals surface area (Å²) in [5.41, 5.74) is 5.81. The summed E-state index contributed by atoms with van der Waals surface area (Å²) in [5, 5.41) is 2.52. The second-order valence-corrected chi connectivity index (χ2v) is 7.05. The summed E-state index contributed by atoms with van der Waals surface area (Å²) < 4.78 is 25.3. The van der Waals surface area contributed by atoms with Crippen LogP contribution in [0.4, 0.5) is 4.39 Å². The number of nitrogens with one attached hydrogen (secondary N) is 1. The minimum Gasteiger partial charge on any atom is -0.368 e. The van der Waals surface area contributed by atoms with Gasteiger partial charge in [0.05, 0.1) is 17.2 Å². The highest BCUT2D eigenvalue weighted by molar-refractivity contribution is 7.85. The molecule has 2 amide bonds. The molecule has 0 aromatic heterocycles. The van der Waals surface area contributed by atoms with Crippen molar-refractivity contribution in [1.29, 1.82) is 0 Å². The first-order valence-corrected chi connectivity index (χ1v) is 9.04. The largest absolute Gasteiger partial charge is 0.368 e. The molecule has 0 aliphatic heterocycles. The van der Waals surface area contributed by atoms with Crippen molar-refractivity contribution in [3.05, 3.63) is 66.0 Å². The van der Waals surface area contributed by atoms with Gasteiger partial charge < -0.3 is 11.1 Å². The summed E-state index contributed by atoms with van der Waals surface area (Å²) in [6.45, 7) is 0. The number of benzene rings is 2. The Hall–Kier alpha value is -2.54. The topological polar surface area (TPSA) is 89.3 Å². The fourth-order valence-corrected chi connectivity index (χ4v) is 3.42. The molecule has 2 aromatic carbocycles. The summed E-state index contributed by atoms with van der Waals surface area (Å²) in [6, 6.07) is 13.6. The van der Waals surface area contributed by atoms with Crippen LogP contribution in [-0.2, 0) is 26.8 Å². The van der Waals surface area contributed by atoms with Gasteiger partial charge in [-0.1, -0.05) is 30.3 Å². The van der Waals surface area contributed by atoms with Gasteiger partial charge in [0.1, 0.15) is 11.9 Å². The number of halogens is 1. The van der Waals surface area contributed by atoms with E-state index >= 15 is 0 Å². The van der Waals surface area contributed by atoms with Crippen LogP contribution in [0.25, 0.3) is 0 Å². The van der Waals surface area contributed by atoms with Crippen LogP contribution in [-0.4, -0.2) is 27.8 Å². The van der Waals surface area contributed by atoms with E-state index in [-0.39, 0.29) is 18.6 Å². The Morgan fingerprint density at radius 2 is 1.84 bits per heavy atom. The first kappa shape index (κ1) is 18.8. The molecule has 0 aliphatic carbocycles. The van der Waals surface area contributed by atoms with E-state index < -0.39 is 34.5 Å². The zero-order chi connectivity index (χ0) is 18.2. The molecular weight excluding hydrogens is 343 g/mol. The molecule has 0 aliphatic rings. The Bertz CT molecular complexity index is 768. The summed E-state index contributed by atoms with van der Waals surface area (Å²) >= 11 is 0. The fraction of sp³-hybridized carbons (Fsp3) is 0.222. The van der Waals surface area contributed by atoms with E-state index in [4.69, 9.17) is 5.73 Å². The van der Waals surface area contributed by atoms with Crippen LogP contribution in [0, 0.1) is 5.82 Å². The highest BCUT2D eigenvalue weighted by Gasteiger charge is 2.19. The number of hydrogen-bond acceptors (Lipinski definition) is 3. The van der Waals surface area contributed by atoms with E-state index in [0.717, 1.165) is 0 Å². The molecule has 2 aromatic rings. The van der Waals surface area contributed by atoms with E-state index in [1.54, 1.807) is 30.3 Å². The van der Waals surface area contributed by atoms with Crippen molar-refractivity contribution in [2.75, 3.05) is 5.75 Å². The van der Waals surface area contributed by atoms with Crippen LogP contribution < -0.4 is 11.1 Å². The molecular formula is C18H19FN2O3S. The van der Waals surface area contributed by atoms with Crippen LogP contribution in [0.1, 0.15) is 12.0 Å². The molecule has 132 valence electrons. The van der Waals surface area contributed by atoms with Gasteiger partial charge in [0.2, 0.25) is 11.8 Å². The molecule has 0 unspecified atom stereocenters. The van der Waals surface area contributed by atoms with Crippen molar-refractivity contribution in [2.24, 2.45) is 5.73 Å². The standard InChI is InChI=1S/C18H19FN2O3S/c19-14-6-4-5-13(11-14)12-17(22)21-16(18(20)23)9-10-25(24)15-7-2-1-3-8-15/h1-8,11,16H,9-10,12H2,(H2,20,23)(H,21,22)/t16-,25-/m0/s1. The van der Waals surface area contributed by atoms with Crippen molar-refractivity contribution in [2.45, 2.75) is 23.8 Å². The maximum atomic E-state index is 13.1. The molecule has 0 saturated carbocycles. The molecule has 0 bridgehead atoms. The van der Waals surface area contributed by atoms with Crippen molar-refractivity contribution in [3.63, 3.8) is 0 Å². The number of carbonyl (C=O) groups is 2. The van der Waals surface area contributed by atoms with Gasteiger partial charge in [-0.05, 0) is 36.2 Å². The highest BCUT2D eigenvalue weighted by Crippen LogP contribution is 2.08. The summed E-state index contributed by atoms with van der Waals surface area (Å²) in [4.78, 5) is 24.2. The molecule has 0 saturated heterocycles. The van der Waals surface area contributed by atoms with Crippen LogP contribution in [0.3, 0.4) is 0 Å². The van der Waals surface area contributed by atoms with E-state index in [9.17, 15) is 18.2 Å². The Kier molecular flexibility index (Phi) is 6.82. The first-order valence-electron chi connectivity index (χ1n) is 7.72. The van der Waals surface area contributed by atoms with Crippen molar-refractivity contribution in [3.8, 4) is 0 Å². The zero-order valence-electron chi connectivity index (χ0n) is 13.5. The van der Waals surface area contributed by atoms with E-state index in [1.807, 2.05) is 6.07 Å². The number of hydrogen-bond donors (Lipinski definition) is 2. The van der Waals surface area contributed by atoms with Gasteiger partial charge in [0.15, 0.2) is 0 Å². The molecule has 0 fully saturated rings. The molecule has 0 heterocycles. The third-order valence-electron chi connectivity index (χ3n) is 3.53. The zero-order valence-corrected chi connectivity index (χ0v) is 14.3. The number of nitrogens with two attached hydrogens (primary N) is 1. The highest BCUT2D eigenvalue weighted by atomic mass is 32.2. The van der Waals surface area contributed by atoms with Gasteiger partial charge in [-0.2, -0.15) is 0 Å². The lowest BCUT2D eigenvalue weighted by atomic mass is 10.1. The molecule has 25 heavy (non-hydrogen) atoms. The van der Waals surface area contributed by atoms with Crippen LogP contribution >= 0.6 is 0 Å². The lowest BCUT2D eigenvalue weighted by molar-refractivity contribution is -0.127. The number of carbonyl (C=O) groups excluding carboxylic acids is 2. The quantitative estimate of drug-likeness (QED) is 0.746. The number of rotatable bonds is 8. The third kappa shape index (κ3) is 6.11. The molecule has 2 rings (SSSR count). The molecule has 5 nitrogen and oxygen atoms in total. The van der Waals surface area contributed by atoms with E-state index in [0.29, 0.717) is 10.5 Å². The van der Waals surface area contributed by atoms with Crippen molar-refractivity contribution >= 4 is 22.6 Å². The lowest BCUT2D eigenvalue weighted by Crippen LogP contribution is -2.45. The smallest absolute Gasteiger partial charge is 0.240 e. The van der Waals surface area contributed by atoms with Gasteiger partial charge in [-0.3, -0.25) is 13.8 Å². The first-order chi connectivity index (χ1) is 12.0. The van der Waals surface area contributed by atoms with Gasteiger partial charge in [0, 0.05) is 10.6 Å². The minimum absolute atomic E-state index is 0.0662. The summed E-state index contributed by atoms with van der Waals surface area (Å²) in [6.07, 6.45) is 0.0923. The SMILES string of the molecule is NC(=O)[C@H](CC[S@](=O)c1ccccc1)NC(=O)Cc1cccc(F)c1. The lowest BCUT2D eigenvalue weighted by Gasteiger charge is -2.15. The Labute approximate surface area is 147 Å². The Morgan fingerprint density at radius 3 is 2.48 bits per heavy atom. The average molecular weight is 362 g/mol. The molecule has 2 atom stereocenters. The Morgan fingerprint density at radius 1 is 1.12 bits per heavy atom.